The summed E-state index contributed by atoms with van der Waals surface area (Å²) in [6.45, 7) is 5.66. The van der Waals surface area contributed by atoms with Crippen LogP contribution in [0.15, 0.2) is 30.3 Å². The van der Waals surface area contributed by atoms with E-state index in [1.54, 1.807) is 0 Å². The van der Waals surface area contributed by atoms with Crippen LogP contribution in [-0.4, -0.2) is 84.7 Å². The van der Waals surface area contributed by atoms with Crippen LogP contribution < -0.4 is 10.6 Å². The molecule has 3 saturated heterocycles. The van der Waals surface area contributed by atoms with Crippen molar-refractivity contribution in [1.29, 1.82) is 0 Å². The van der Waals surface area contributed by atoms with Crippen molar-refractivity contribution in [3.8, 4) is 0 Å². The maximum absolute atomic E-state index is 12.6. The molecule has 27 heavy (non-hydrogen) atoms. The van der Waals surface area contributed by atoms with Gasteiger partial charge in [-0.25, -0.2) is 9.59 Å². The Kier molecular flexibility index (Phi) is 5.48. The lowest BCUT2D eigenvalue weighted by Crippen LogP contribution is -2.57. The maximum Gasteiger partial charge on any atom is 0.317 e. The van der Waals surface area contributed by atoms with Gasteiger partial charge in [0.1, 0.15) is 0 Å². The van der Waals surface area contributed by atoms with Crippen molar-refractivity contribution in [2.24, 2.45) is 0 Å². The number of piperazine rings is 1. The normalized spacial score (nSPS) is 23.9. The molecule has 1 atom stereocenters. The van der Waals surface area contributed by atoms with Crippen LogP contribution in [0.5, 0.6) is 0 Å². The maximum atomic E-state index is 12.6. The van der Waals surface area contributed by atoms with Gasteiger partial charge in [0.25, 0.3) is 0 Å². The second-order valence-corrected chi connectivity index (χ2v) is 7.78. The SMILES string of the molecule is O=C(NC1CCN(CCc2ccccc2)CC1)N1CCN2C(=O)NCC2C1. The average molecular weight is 371 g/mol. The molecule has 0 aromatic heterocycles. The van der Waals surface area contributed by atoms with E-state index in [-0.39, 0.29) is 24.1 Å². The van der Waals surface area contributed by atoms with Crippen molar-refractivity contribution in [3.63, 3.8) is 0 Å². The van der Waals surface area contributed by atoms with Gasteiger partial charge in [-0.2, -0.15) is 0 Å². The Morgan fingerprint density at radius 3 is 2.67 bits per heavy atom. The minimum absolute atomic E-state index is 0.00272. The Bertz CT molecular complexity index is 660. The third kappa shape index (κ3) is 4.35. The van der Waals surface area contributed by atoms with Gasteiger partial charge in [-0.15, -0.1) is 0 Å². The van der Waals surface area contributed by atoms with Crippen molar-refractivity contribution < 1.29 is 9.59 Å². The number of nitrogens with zero attached hydrogens (tertiary/aromatic N) is 3. The van der Waals surface area contributed by atoms with E-state index < -0.39 is 0 Å². The molecule has 4 rings (SSSR count). The first kappa shape index (κ1) is 18.1. The van der Waals surface area contributed by atoms with Gasteiger partial charge >= 0.3 is 12.1 Å². The number of nitrogens with one attached hydrogen (secondary N) is 2. The van der Waals surface area contributed by atoms with E-state index in [0.29, 0.717) is 26.2 Å². The number of hydrogen-bond donors (Lipinski definition) is 2. The summed E-state index contributed by atoms with van der Waals surface area (Å²) in [6, 6.07) is 11.0. The van der Waals surface area contributed by atoms with Crippen molar-refractivity contribution in [3.05, 3.63) is 35.9 Å². The van der Waals surface area contributed by atoms with E-state index in [4.69, 9.17) is 0 Å². The summed E-state index contributed by atoms with van der Waals surface area (Å²) in [5.41, 5.74) is 1.38. The van der Waals surface area contributed by atoms with Gasteiger partial charge in [0, 0.05) is 51.9 Å². The number of fused-ring (bicyclic) bond motifs is 1. The molecule has 3 heterocycles. The highest BCUT2D eigenvalue weighted by Crippen LogP contribution is 2.16. The van der Waals surface area contributed by atoms with E-state index in [1.165, 1.54) is 5.56 Å². The predicted molar refractivity (Wildman–Crippen MR) is 104 cm³/mol. The largest absolute Gasteiger partial charge is 0.336 e. The number of likely N-dealkylation sites (tertiary alicyclic amines) is 1. The first-order valence-corrected chi connectivity index (χ1v) is 10.1. The molecule has 146 valence electrons. The predicted octanol–water partition coefficient (Wildman–Crippen LogP) is 1.11. The van der Waals surface area contributed by atoms with Gasteiger partial charge < -0.3 is 25.3 Å². The summed E-state index contributed by atoms with van der Waals surface area (Å²) in [5, 5.41) is 6.06. The molecule has 1 unspecified atom stereocenters. The molecule has 7 nitrogen and oxygen atoms in total. The van der Waals surface area contributed by atoms with Gasteiger partial charge in [0.2, 0.25) is 0 Å². The molecule has 0 aliphatic carbocycles. The molecule has 1 aromatic rings. The zero-order chi connectivity index (χ0) is 18.6. The summed E-state index contributed by atoms with van der Waals surface area (Å²) in [7, 11) is 0. The van der Waals surface area contributed by atoms with Crippen LogP contribution in [-0.2, 0) is 6.42 Å². The van der Waals surface area contributed by atoms with E-state index in [9.17, 15) is 9.59 Å². The minimum atomic E-state index is 0.00272. The molecule has 0 radical (unpaired) electrons. The van der Waals surface area contributed by atoms with Crippen LogP contribution in [0.1, 0.15) is 18.4 Å². The molecular formula is C20H29N5O2. The lowest BCUT2D eigenvalue weighted by atomic mass is 10.0. The van der Waals surface area contributed by atoms with Crippen LogP contribution in [0.3, 0.4) is 0 Å². The summed E-state index contributed by atoms with van der Waals surface area (Å²) in [5.74, 6) is 0. The summed E-state index contributed by atoms with van der Waals surface area (Å²) < 4.78 is 0. The molecule has 2 N–H and O–H groups in total. The highest BCUT2D eigenvalue weighted by atomic mass is 16.2. The number of piperidine rings is 1. The fourth-order valence-corrected chi connectivity index (χ4v) is 4.29. The number of rotatable bonds is 4. The van der Waals surface area contributed by atoms with Crippen molar-refractivity contribution >= 4 is 12.1 Å². The highest BCUT2D eigenvalue weighted by Gasteiger charge is 2.37. The molecule has 0 saturated carbocycles. The fourth-order valence-electron chi connectivity index (χ4n) is 4.29. The second kappa shape index (κ2) is 8.17. The van der Waals surface area contributed by atoms with E-state index in [1.807, 2.05) is 9.80 Å². The first-order chi connectivity index (χ1) is 13.2. The molecule has 0 bridgehead atoms. The lowest BCUT2D eigenvalue weighted by Gasteiger charge is -2.38. The molecule has 3 aliphatic heterocycles. The van der Waals surface area contributed by atoms with E-state index >= 15 is 0 Å². The second-order valence-electron chi connectivity index (χ2n) is 7.78. The molecular weight excluding hydrogens is 342 g/mol. The summed E-state index contributed by atoms with van der Waals surface area (Å²) in [6.07, 6.45) is 3.09. The van der Waals surface area contributed by atoms with Crippen molar-refractivity contribution in [1.82, 2.24) is 25.3 Å². The Morgan fingerprint density at radius 2 is 1.89 bits per heavy atom. The zero-order valence-corrected chi connectivity index (χ0v) is 15.8. The average Bonchev–Trinajstić information content (AvgIpc) is 3.08. The lowest BCUT2D eigenvalue weighted by molar-refractivity contribution is 0.124. The smallest absolute Gasteiger partial charge is 0.317 e. The van der Waals surface area contributed by atoms with Gasteiger partial charge in [0.15, 0.2) is 0 Å². The third-order valence-electron chi connectivity index (χ3n) is 5.99. The topological polar surface area (TPSA) is 67.9 Å². The van der Waals surface area contributed by atoms with Crippen molar-refractivity contribution in [2.45, 2.75) is 31.3 Å². The first-order valence-electron chi connectivity index (χ1n) is 10.1. The van der Waals surface area contributed by atoms with E-state index in [2.05, 4.69) is 45.9 Å². The number of amides is 4. The third-order valence-corrected chi connectivity index (χ3v) is 5.99. The highest BCUT2D eigenvalue weighted by molar-refractivity contribution is 5.79. The molecule has 1 aromatic carbocycles. The molecule has 7 heteroatoms. The number of benzene rings is 1. The quantitative estimate of drug-likeness (QED) is 0.833. The fraction of sp³-hybridized carbons (Fsp3) is 0.600. The monoisotopic (exact) mass is 371 g/mol. The number of urea groups is 2. The van der Waals surface area contributed by atoms with Crippen molar-refractivity contribution in [2.75, 3.05) is 45.8 Å². The van der Waals surface area contributed by atoms with Gasteiger partial charge in [-0.1, -0.05) is 30.3 Å². The van der Waals surface area contributed by atoms with Crippen LogP contribution in [0.2, 0.25) is 0 Å². The molecule has 3 fully saturated rings. The van der Waals surface area contributed by atoms with E-state index in [0.717, 1.165) is 38.9 Å². The molecule has 0 spiro atoms. The molecule has 4 amide bonds. The number of carbonyl (C=O) groups excluding carboxylic acids is 2. The summed E-state index contributed by atoms with van der Waals surface area (Å²) in [4.78, 5) is 30.5. The van der Waals surface area contributed by atoms with Gasteiger partial charge in [-0.05, 0) is 24.8 Å². The zero-order valence-electron chi connectivity index (χ0n) is 15.8. The Labute approximate surface area is 160 Å². The summed E-state index contributed by atoms with van der Waals surface area (Å²) >= 11 is 0. The van der Waals surface area contributed by atoms with Crippen LogP contribution in [0.4, 0.5) is 9.59 Å². The Morgan fingerprint density at radius 1 is 1.11 bits per heavy atom. The van der Waals surface area contributed by atoms with Crippen LogP contribution in [0, 0.1) is 0 Å². The minimum Gasteiger partial charge on any atom is -0.336 e. The van der Waals surface area contributed by atoms with Crippen LogP contribution in [0.25, 0.3) is 0 Å². The van der Waals surface area contributed by atoms with Crippen LogP contribution >= 0.6 is 0 Å². The van der Waals surface area contributed by atoms with Gasteiger partial charge in [-0.3, -0.25) is 0 Å². The Balaban J connectivity index is 1.18. The van der Waals surface area contributed by atoms with Gasteiger partial charge in [0.05, 0.1) is 6.04 Å². The Hall–Kier alpha value is -2.28. The number of carbonyl (C=O) groups is 2. The standard InChI is InChI=1S/C20H29N5O2/c26-19-21-14-18-15-24(12-13-25(18)19)20(27)22-17-7-10-23(11-8-17)9-6-16-4-2-1-3-5-16/h1-5,17-18H,6-15H2,(H,21,26)(H,22,27). The molecule has 3 aliphatic rings. The number of hydrogen-bond acceptors (Lipinski definition) is 3.